The van der Waals surface area contributed by atoms with Gasteiger partial charge >= 0.3 is 0 Å². The summed E-state index contributed by atoms with van der Waals surface area (Å²) < 4.78 is 36.3. The van der Waals surface area contributed by atoms with Gasteiger partial charge in [0.15, 0.2) is 0 Å². The van der Waals surface area contributed by atoms with Crippen LogP contribution in [0.5, 0.6) is 0 Å². The van der Waals surface area contributed by atoms with Gasteiger partial charge in [-0.1, -0.05) is 47.7 Å². The average molecular weight is 364 g/mol. The minimum atomic E-state index is -4.94. The van der Waals surface area contributed by atoms with E-state index in [1.165, 1.54) is 32.3 Å². The predicted molar refractivity (Wildman–Crippen MR) is 79.2 cm³/mol. The number of benzene rings is 2. The van der Waals surface area contributed by atoms with Gasteiger partial charge in [0.05, 0.1) is 16.0 Å². The molecule has 24 heavy (non-hydrogen) atoms. The van der Waals surface area contributed by atoms with Crippen LogP contribution in [0.3, 0.4) is 0 Å². The quantitative estimate of drug-likeness (QED) is 0.407. The van der Waals surface area contributed by atoms with E-state index >= 15 is 0 Å². The van der Waals surface area contributed by atoms with E-state index in [0.717, 1.165) is 6.42 Å². The van der Waals surface area contributed by atoms with Crippen LogP contribution in [0, 0.1) is 10.2 Å². The van der Waals surface area contributed by atoms with E-state index < -0.39 is 10.2 Å². The van der Waals surface area contributed by atoms with Gasteiger partial charge in [0.2, 0.25) is 5.69 Å². The molecule has 0 radical (unpaired) electrons. The summed E-state index contributed by atoms with van der Waals surface area (Å²) in [6, 6.07) is 19.4. The van der Waals surface area contributed by atoms with Crippen molar-refractivity contribution in [2.75, 3.05) is 0 Å². The van der Waals surface area contributed by atoms with Crippen molar-refractivity contribution in [2.24, 2.45) is 7.05 Å². The van der Waals surface area contributed by atoms with Crippen LogP contribution in [-0.4, -0.2) is 0 Å². The SMILES string of the molecule is C[n+]1c(-c2ccccc2)sc2c1-c1ccccc1C2.[O-][Cl+3]([O-])([O-])[O-]. The van der Waals surface area contributed by atoms with Crippen molar-refractivity contribution in [3.63, 3.8) is 0 Å². The summed E-state index contributed by atoms with van der Waals surface area (Å²) in [6.07, 6.45) is 1.08. The van der Waals surface area contributed by atoms with Gasteiger partial charge in [-0.25, -0.2) is 18.6 Å². The van der Waals surface area contributed by atoms with E-state index in [4.69, 9.17) is 18.6 Å². The zero-order valence-corrected chi connectivity index (χ0v) is 14.3. The van der Waals surface area contributed by atoms with Crippen LogP contribution in [0.15, 0.2) is 54.6 Å². The highest BCUT2D eigenvalue weighted by Gasteiger charge is 2.32. The second-order valence-corrected chi connectivity index (χ2v) is 7.16. The number of rotatable bonds is 1. The largest absolute Gasteiger partial charge is 0.269 e. The molecule has 0 aliphatic heterocycles. The fourth-order valence-electron chi connectivity index (χ4n) is 2.88. The van der Waals surface area contributed by atoms with Crippen molar-refractivity contribution in [2.45, 2.75) is 6.42 Å². The maximum absolute atomic E-state index is 8.49. The van der Waals surface area contributed by atoms with Crippen LogP contribution in [0.2, 0.25) is 0 Å². The Morgan fingerprint density at radius 2 is 1.50 bits per heavy atom. The highest BCUT2D eigenvalue weighted by molar-refractivity contribution is 7.15. The lowest BCUT2D eigenvalue weighted by molar-refractivity contribution is -2.00. The Kier molecular flexibility index (Phi) is 4.69. The van der Waals surface area contributed by atoms with Crippen LogP contribution >= 0.6 is 11.3 Å². The summed E-state index contributed by atoms with van der Waals surface area (Å²) in [5.74, 6) is 0. The lowest BCUT2D eigenvalue weighted by atomic mass is 10.1. The number of hydrogen-bond donors (Lipinski definition) is 0. The highest BCUT2D eigenvalue weighted by atomic mass is 35.7. The third-order valence-corrected chi connectivity index (χ3v) is 5.06. The summed E-state index contributed by atoms with van der Waals surface area (Å²) in [5, 5.41) is 1.35. The molecule has 0 atom stereocenters. The molecule has 1 aliphatic rings. The summed E-state index contributed by atoms with van der Waals surface area (Å²) in [4.78, 5) is 1.49. The van der Waals surface area contributed by atoms with Gasteiger partial charge in [-0.05, 0) is 23.8 Å². The monoisotopic (exact) mass is 363 g/mol. The highest BCUT2D eigenvalue weighted by Crippen LogP contribution is 2.40. The van der Waals surface area contributed by atoms with Gasteiger partial charge < -0.3 is 0 Å². The lowest BCUT2D eigenvalue weighted by Gasteiger charge is -2.17. The second-order valence-electron chi connectivity index (χ2n) is 5.32. The number of thiazole rings is 1. The Hall–Kier alpha value is -1.80. The van der Waals surface area contributed by atoms with E-state index in [2.05, 4.69) is 66.2 Å². The topological polar surface area (TPSA) is 96.1 Å². The van der Waals surface area contributed by atoms with Crippen molar-refractivity contribution in [1.29, 1.82) is 0 Å². The summed E-state index contributed by atoms with van der Waals surface area (Å²) in [7, 11) is -2.76. The molecule has 4 rings (SSSR count). The normalized spacial score (nSPS) is 12.2. The zero-order chi connectivity index (χ0) is 17.3. The Balaban J connectivity index is 0.000000300. The molecule has 1 aromatic heterocycles. The van der Waals surface area contributed by atoms with Crippen molar-refractivity contribution >= 4 is 11.3 Å². The molecule has 0 saturated heterocycles. The van der Waals surface area contributed by atoms with E-state index in [1.54, 1.807) is 0 Å². The first-order valence-electron chi connectivity index (χ1n) is 7.12. The fraction of sp³-hybridized carbons (Fsp3) is 0.118. The molecule has 0 spiro atoms. The van der Waals surface area contributed by atoms with Gasteiger partial charge in [-0.2, -0.15) is 4.57 Å². The molecule has 0 bridgehead atoms. The standard InChI is InChI=1S/C17H14NS.ClHO4/c1-18-16-14-10-6-5-9-13(14)11-15(16)19-17(18)12-7-3-2-4-8-12;2-1(3,4)5/h2-10H,11H2,1H3;(H,2,3,4,5)/q+1;/p-1. The van der Waals surface area contributed by atoms with E-state index in [0.29, 0.717) is 0 Å². The maximum Gasteiger partial charge on any atom is 0.269 e. The van der Waals surface area contributed by atoms with E-state index in [1.807, 2.05) is 11.3 Å². The molecule has 1 heterocycles. The summed E-state index contributed by atoms with van der Waals surface area (Å²) in [5.41, 5.74) is 5.57. The molecule has 0 N–H and O–H groups in total. The molecule has 0 amide bonds. The molecule has 3 aromatic rings. The van der Waals surface area contributed by atoms with Crippen LogP contribution in [-0.2, 0) is 13.5 Å². The second kappa shape index (κ2) is 6.60. The van der Waals surface area contributed by atoms with E-state index in [-0.39, 0.29) is 0 Å². The van der Waals surface area contributed by atoms with E-state index in [9.17, 15) is 0 Å². The van der Waals surface area contributed by atoms with Crippen molar-refractivity contribution in [3.05, 3.63) is 65.0 Å². The Morgan fingerprint density at radius 1 is 0.917 bits per heavy atom. The molecule has 0 saturated carbocycles. The minimum absolute atomic E-state index is 1.08. The summed E-state index contributed by atoms with van der Waals surface area (Å²) in [6.45, 7) is 0. The molecule has 5 nitrogen and oxygen atoms in total. The third kappa shape index (κ3) is 3.64. The minimum Gasteiger partial charge on any atom is -0.222 e. The molecule has 7 heteroatoms. The third-order valence-electron chi connectivity index (χ3n) is 3.77. The first-order chi connectivity index (χ1) is 11.3. The summed E-state index contributed by atoms with van der Waals surface area (Å²) >= 11 is 1.92. The molecule has 0 unspecified atom stereocenters. The van der Waals surface area contributed by atoms with Crippen LogP contribution in [0.4, 0.5) is 0 Å². The number of aromatic nitrogens is 1. The Bertz CT molecular complexity index is 853. The van der Waals surface area contributed by atoms with Crippen LogP contribution < -0.4 is 23.2 Å². The number of fused-ring (bicyclic) bond motifs is 3. The van der Waals surface area contributed by atoms with Crippen LogP contribution in [0.1, 0.15) is 10.4 Å². The smallest absolute Gasteiger partial charge is 0.222 e. The molecule has 1 aliphatic carbocycles. The molecule has 124 valence electrons. The molecular formula is C17H14ClNO4S. The molecule has 2 aromatic carbocycles. The number of halogens is 1. The van der Waals surface area contributed by atoms with Gasteiger partial charge in [0.1, 0.15) is 7.05 Å². The predicted octanol–water partition coefficient (Wildman–Crippen LogP) is -0.945. The van der Waals surface area contributed by atoms with Gasteiger partial charge in [-0.15, -0.1) is 10.2 Å². The Labute approximate surface area is 145 Å². The maximum atomic E-state index is 8.49. The van der Waals surface area contributed by atoms with Crippen molar-refractivity contribution < 1.29 is 33.4 Å². The Morgan fingerprint density at radius 3 is 2.17 bits per heavy atom. The van der Waals surface area contributed by atoms with Gasteiger partial charge in [0, 0.05) is 6.42 Å². The number of hydrogen-bond acceptors (Lipinski definition) is 5. The lowest BCUT2D eigenvalue weighted by Crippen LogP contribution is -2.68. The molecule has 0 fully saturated rings. The van der Waals surface area contributed by atoms with Gasteiger partial charge in [-0.3, -0.25) is 0 Å². The molecular weight excluding hydrogens is 350 g/mol. The average Bonchev–Trinajstić information content (AvgIpc) is 3.03. The zero-order valence-electron chi connectivity index (χ0n) is 12.8. The number of nitrogens with zero attached hydrogens (tertiary/aromatic N) is 1. The van der Waals surface area contributed by atoms with Crippen LogP contribution in [0.25, 0.3) is 21.8 Å². The fourth-order valence-corrected chi connectivity index (χ4v) is 4.17. The van der Waals surface area contributed by atoms with Crippen molar-refractivity contribution in [1.82, 2.24) is 0 Å². The van der Waals surface area contributed by atoms with Crippen molar-refractivity contribution in [3.8, 4) is 21.8 Å². The first kappa shape index (κ1) is 17.0. The van der Waals surface area contributed by atoms with Gasteiger partial charge in [0.25, 0.3) is 5.01 Å². The first-order valence-corrected chi connectivity index (χ1v) is 9.17.